The van der Waals surface area contributed by atoms with Crippen molar-refractivity contribution < 1.29 is 5.11 Å². The van der Waals surface area contributed by atoms with Crippen molar-refractivity contribution in [2.75, 3.05) is 13.6 Å². The van der Waals surface area contributed by atoms with Crippen LogP contribution in [0.25, 0.3) is 11.3 Å². The predicted molar refractivity (Wildman–Crippen MR) is 63.3 cm³/mol. The van der Waals surface area contributed by atoms with E-state index < -0.39 is 0 Å². The molecule has 2 rings (SSSR count). The zero-order chi connectivity index (χ0) is 11.4. The average molecular weight is 217 g/mol. The molecule has 1 aromatic heterocycles. The maximum atomic E-state index is 9.37. The number of phenols is 1. The van der Waals surface area contributed by atoms with Crippen molar-refractivity contribution in [2.24, 2.45) is 0 Å². The summed E-state index contributed by atoms with van der Waals surface area (Å²) in [5.41, 5.74) is 2.88. The lowest BCUT2D eigenvalue weighted by Crippen LogP contribution is -2.10. The predicted octanol–water partition coefficient (Wildman–Crippen LogP) is 1.54. The molecule has 0 saturated carbocycles. The van der Waals surface area contributed by atoms with Crippen molar-refractivity contribution in [3.05, 3.63) is 36.0 Å². The number of rotatable bonds is 4. The summed E-state index contributed by atoms with van der Waals surface area (Å²) in [4.78, 5) is 0. The molecule has 0 fully saturated rings. The van der Waals surface area contributed by atoms with Gasteiger partial charge < -0.3 is 10.4 Å². The fourth-order valence-electron chi connectivity index (χ4n) is 1.56. The van der Waals surface area contributed by atoms with Gasteiger partial charge in [0.05, 0.1) is 5.69 Å². The van der Waals surface area contributed by atoms with Crippen LogP contribution in [0, 0.1) is 0 Å². The van der Waals surface area contributed by atoms with Crippen LogP contribution in [0.3, 0.4) is 0 Å². The Morgan fingerprint density at radius 1 is 1.38 bits per heavy atom. The van der Waals surface area contributed by atoms with E-state index in [9.17, 15) is 5.11 Å². The van der Waals surface area contributed by atoms with Crippen LogP contribution in [0.15, 0.2) is 30.3 Å². The molecule has 4 nitrogen and oxygen atoms in total. The van der Waals surface area contributed by atoms with Crippen LogP contribution in [0.4, 0.5) is 0 Å². The van der Waals surface area contributed by atoms with Gasteiger partial charge in [-0.1, -0.05) is 12.1 Å². The van der Waals surface area contributed by atoms with E-state index in [2.05, 4.69) is 15.5 Å². The molecule has 0 spiro atoms. The minimum Gasteiger partial charge on any atom is -0.508 e. The summed E-state index contributed by atoms with van der Waals surface area (Å²) < 4.78 is 0. The molecule has 0 radical (unpaired) electrons. The first kappa shape index (κ1) is 10.7. The van der Waals surface area contributed by atoms with Gasteiger partial charge in [0.25, 0.3) is 0 Å². The van der Waals surface area contributed by atoms with Crippen molar-refractivity contribution in [3.8, 4) is 17.0 Å². The molecule has 3 N–H and O–H groups in total. The number of likely N-dealkylation sites (N-methyl/N-ethyl adjacent to an activating group) is 1. The highest BCUT2D eigenvalue weighted by molar-refractivity contribution is 5.61. The molecule has 1 heterocycles. The van der Waals surface area contributed by atoms with Crippen LogP contribution < -0.4 is 5.32 Å². The SMILES string of the molecule is CNCCc1cc(-c2cccc(O)c2)n[nH]1. The number of benzene rings is 1. The van der Waals surface area contributed by atoms with E-state index >= 15 is 0 Å². The molecule has 4 heteroatoms. The van der Waals surface area contributed by atoms with Crippen LogP contribution >= 0.6 is 0 Å². The van der Waals surface area contributed by atoms with Gasteiger partial charge in [0.15, 0.2) is 0 Å². The quantitative estimate of drug-likeness (QED) is 0.728. The molecule has 0 amide bonds. The summed E-state index contributed by atoms with van der Waals surface area (Å²) in [5, 5.41) is 19.7. The number of aromatic hydroxyl groups is 1. The molecule has 0 atom stereocenters. The largest absolute Gasteiger partial charge is 0.508 e. The second-order valence-corrected chi connectivity index (χ2v) is 3.68. The van der Waals surface area contributed by atoms with Gasteiger partial charge in [-0.2, -0.15) is 5.10 Å². The highest BCUT2D eigenvalue weighted by Gasteiger charge is 2.03. The van der Waals surface area contributed by atoms with E-state index in [1.165, 1.54) is 0 Å². The van der Waals surface area contributed by atoms with Crippen LogP contribution in [0.5, 0.6) is 5.75 Å². The molecule has 84 valence electrons. The van der Waals surface area contributed by atoms with Crippen LogP contribution in [-0.4, -0.2) is 28.9 Å². The molecular weight excluding hydrogens is 202 g/mol. The van der Waals surface area contributed by atoms with Gasteiger partial charge in [0.2, 0.25) is 0 Å². The van der Waals surface area contributed by atoms with Crippen molar-refractivity contribution in [1.82, 2.24) is 15.5 Å². The maximum Gasteiger partial charge on any atom is 0.116 e. The van der Waals surface area contributed by atoms with Gasteiger partial charge in [-0.3, -0.25) is 5.10 Å². The Balaban J connectivity index is 2.18. The van der Waals surface area contributed by atoms with Crippen LogP contribution in [-0.2, 0) is 6.42 Å². The van der Waals surface area contributed by atoms with Gasteiger partial charge in [-0.05, 0) is 25.2 Å². The second kappa shape index (κ2) is 4.81. The summed E-state index contributed by atoms with van der Waals surface area (Å²) in [6.07, 6.45) is 0.919. The van der Waals surface area contributed by atoms with E-state index in [4.69, 9.17) is 0 Å². The number of hydrogen-bond acceptors (Lipinski definition) is 3. The third-order valence-corrected chi connectivity index (χ3v) is 2.42. The highest BCUT2D eigenvalue weighted by atomic mass is 16.3. The molecule has 0 aliphatic heterocycles. The first-order valence-corrected chi connectivity index (χ1v) is 5.28. The number of H-pyrrole nitrogens is 1. The monoisotopic (exact) mass is 217 g/mol. The minimum absolute atomic E-state index is 0.261. The number of hydrogen-bond donors (Lipinski definition) is 3. The number of aromatic nitrogens is 2. The van der Waals surface area contributed by atoms with E-state index in [1.807, 2.05) is 25.2 Å². The topological polar surface area (TPSA) is 60.9 Å². The molecule has 0 unspecified atom stereocenters. The molecule has 1 aromatic carbocycles. The number of aromatic amines is 1. The summed E-state index contributed by atoms with van der Waals surface area (Å²) in [6.45, 7) is 0.918. The fraction of sp³-hybridized carbons (Fsp3) is 0.250. The normalized spacial score (nSPS) is 10.6. The maximum absolute atomic E-state index is 9.37. The minimum atomic E-state index is 0.261. The van der Waals surface area contributed by atoms with E-state index in [0.29, 0.717) is 0 Å². The number of phenolic OH excluding ortho intramolecular Hbond substituents is 1. The first-order valence-electron chi connectivity index (χ1n) is 5.28. The van der Waals surface area contributed by atoms with E-state index in [0.717, 1.165) is 29.9 Å². The highest BCUT2D eigenvalue weighted by Crippen LogP contribution is 2.21. The number of nitrogens with one attached hydrogen (secondary N) is 2. The molecule has 0 aliphatic rings. The molecule has 0 aliphatic carbocycles. The van der Waals surface area contributed by atoms with Gasteiger partial charge in [-0.15, -0.1) is 0 Å². The lowest BCUT2D eigenvalue weighted by atomic mass is 10.1. The third kappa shape index (κ3) is 2.41. The molecule has 16 heavy (non-hydrogen) atoms. The standard InChI is InChI=1S/C12H15N3O/c1-13-6-5-10-8-12(15-14-10)9-3-2-4-11(16)7-9/h2-4,7-8,13,16H,5-6H2,1H3,(H,14,15). The number of nitrogens with zero attached hydrogens (tertiary/aromatic N) is 1. The van der Waals surface area contributed by atoms with Crippen molar-refractivity contribution >= 4 is 0 Å². The summed E-state index contributed by atoms with van der Waals surface area (Å²) in [5.74, 6) is 0.261. The van der Waals surface area contributed by atoms with Crippen LogP contribution in [0.2, 0.25) is 0 Å². The van der Waals surface area contributed by atoms with Gasteiger partial charge in [0, 0.05) is 24.2 Å². The Morgan fingerprint density at radius 2 is 2.25 bits per heavy atom. The van der Waals surface area contributed by atoms with Gasteiger partial charge in [0.1, 0.15) is 5.75 Å². The van der Waals surface area contributed by atoms with E-state index in [-0.39, 0.29) is 5.75 Å². The molecule has 0 bridgehead atoms. The third-order valence-electron chi connectivity index (χ3n) is 2.42. The Kier molecular flexibility index (Phi) is 3.22. The smallest absolute Gasteiger partial charge is 0.116 e. The zero-order valence-corrected chi connectivity index (χ0v) is 9.20. The van der Waals surface area contributed by atoms with Gasteiger partial charge >= 0.3 is 0 Å². The summed E-state index contributed by atoms with van der Waals surface area (Å²) in [7, 11) is 1.92. The van der Waals surface area contributed by atoms with Crippen molar-refractivity contribution in [2.45, 2.75) is 6.42 Å². The van der Waals surface area contributed by atoms with Crippen LogP contribution in [0.1, 0.15) is 5.69 Å². The average Bonchev–Trinajstić information content (AvgIpc) is 2.75. The Bertz CT molecular complexity index is 465. The summed E-state index contributed by atoms with van der Waals surface area (Å²) in [6, 6.07) is 9.10. The Morgan fingerprint density at radius 3 is 3.00 bits per heavy atom. The Labute approximate surface area is 94.3 Å². The fourth-order valence-corrected chi connectivity index (χ4v) is 1.56. The lowest BCUT2D eigenvalue weighted by molar-refractivity contribution is 0.475. The van der Waals surface area contributed by atoms with Crippen molar-refractivity contribution in [3.63, 3.8) is 0 Å². The van der Waals surface area contributed by atoms with E-state index in [1.54, 1.807) is 12.1 Å². The van der Waals surface area contributed by atoms with Gasteiger partial charge in [-0.25, -0.2) is 0 Å². The Hall–Kier alpha value is -1.81. The first-order chi connectivity index (χ1) is 7.79. The summed E-state index contributed by atoms with van der Waals surface area (Å²) >= 11 is 0. The zero-order valence-electron chi connectivity index (χ0n) is 9.20. The molecule has 0 saturated heterocycles. The molecular formula is C12H15N3O. The molecule has 2 aromatic rings. The second-order valence-electron chi connectivity index (χ2n) is 3.68. The van der Waals surface area contributed by atoms with Crippen molar-refractivity contribution in [1.29, 1.82) is 0 Å². The lowest BCUT2D eigenvalue weighted by Gasteiger charge is -1.96.